The molecule has 1 aliphatic carbocycles. The Hall–Kier alpha value is -1.52. The smallest absolute Gasteiger partial charge is 0.337 e. The number of carbonyl (C=O) groups excluding carboxylic acids is 1. The molecule has 0 aromatic heterocycles. The van der Waals surface area contributed by atoms with Gasteiger partial charge in [0.1, 0.15) is 5.82 Å². The van der Waals surface area contributed by atoms with E-state index in [1.807, 2.05) is 0 Å². The molecule has 1 aromatic rings. The van der Waals surface area contributed by atoms with E-state index in [1.165, 1.54) is 11.0 Å². The molecule has 2 atom stereocenters. The molecule has 0 spiro atoms. The summed E-state index contributed by atoms with van der Waals surface area (Å²) in [5, 5.41) is 0. The molecule has 2 unspecified atom stereocenters. The normalized spacial score (nSPS) is 25.9. The minimum absolute atomic E-state index is 0.363. The number of benzene rings is 1. The van der Waals surface area contributed by atoms with Crippen molar-refractivity contribution < 1.29 is 18.0 Å². The van der Waals surface area contributed by atoms with Crippen molar-refractivity contribution in [2.45, 2.75) is 25.2 Å². The van der Waals surface area contributed by atoms with Gasteiger partial charge in [0.2, 0.25) is 0 Å². The molecular weight excluding hydrogens is 267 g/mol. The first-order valence-corrected chi connectivity index (χ1v) is 6.91. The number of amides is 1. The summed E-state index contributed by atoms with van der Waals surface area (Å²) in [5.41, 5.74) is -0.570. The lowest BCUT2D eigenvalue weighted by molar-refractivity contribution is -0.158. The first-order chi connectivity index (χ1) is 9.48. The van der Waals surface area contributed by atoms with Crippen LogP contribution in [0.2, 0.25) is 0 Å². The second kappa shape index (κ2) is 4.79. The summed E-state index contributed by atoms with van der Waals surface area (Å²) in [4.78, 5) is 13.3. The molecule has 0 radical (unpaired) electrons. The van der Waals surface area contributed by atoms with Crippen LogP contribution in [0.25, 0.3) is 0 Å². The first-order valence-electron chi connectivity index (χ1n) is 6.91. The van der Waals surface area contributed by atoms with E-state index in [0.717, 1.165) is 37.5 Å². The van der Waals surface area contributed by atoms with Gasteiger partial charge in [0.15, 0.2) is 0 Å². The average molecular weight is 283 g/mol. The lowest BCUT2D eigenvalue weighted by Crippen LogP contribution is -2.41. The Morgan fingerprint density at radius 1 is 1.20 bits per heavy atom. The summed E-state index contributed by atoms with van der Waals surface area (Å²) in [6.07, 6.45) is 3.15. The predicted octanol–water partition coefficient (Wildman–Crippen LogP) is 3.18. The van der Waals surface area contributed by atoms with Crippen molar-refractivity contribution in [2.75, 3.05) is 13.1 Å². The minimum Gasteiger partial charge on any atom is -0.337 e. The minimum atomic E-state index is -3.65. The van der Waals surface area contributed by atoms with E-state index in [4.69, 9.17) is 0 Å². The van der Waals surface area contributed by atoms with Crippen molar-refractivity contribution >= 4 is 5.91 Å². The largest absolute Gasteiger partial charge is 0.350 e. The zero-order chi connectivity index (χ0) is 14.3. The summed E-state index contributed by atoms with van der Waals surface area (Å²) >= 11 is 0. The van der Waals surface area contributed by atoms with Gasteiger partial charge in [-0.15, -0.1) is 0 Å². The summed E-state index contributed by atoms with van der Waals surface area (Å²) in [6, 6.07) is 4.11. The van der Waals surface area contributed by atoms with Crippen molar-refractivity contribution in [3.8, 4) is 0 Å². The Labute approximate surface area is 115 Å². The number of nitrogens with zero attached hydrogens (tertiary/aromatic N) is 1. The van der Waals surface area contributed by atoms with Crippen molar-refractivity contribution in [1.82, 2.24) is 4.90 Å². The van der Waals surface area contributed by atoms with Crippen LogP contribution in [0.1, 0.15) is 24.8 Å². The quantitative estimate of drug-likeness (QED) is 0.816. The van der Waals surface area contributed by atoms with Crippen LogP contribution in [0.5, 0.6) is 0 Å². The molecular formula is C15H16F3NO. The Morgan fingerprint density at radius 3 is 2.45 bits per heavy atom. The van der Waals surface area contributed by atoms with E-state index in [0.29, 0.717) is 24.9 Å². The van der Waals surface area contributed by atoms with Gasteiger partial charge in [-0.1, -0.05) is 18.6 Å². The number of fused-ring (bicyclic) bond motifs is 1. The molecule has 1 aromatic carbocycles. The van der Waals surface area contributed by atoms with Gasteiger partial charge in [-0.3, -0.25) is 4.79 Å². The van der Waals surface area contributed by atoms with Crippen molar-refractivity contribution in [2.24, 2.45) is 11.8 Å². The van der Waals surface area contributed by atoms with Crippen LogP contribution >= 0.6 is 0 Å². The van der Waals surface area contributed by atoms with Crippen LogP contribution in [0, 0.1) is 17.7 Å². The second-order valence-electron chi connectivity index (χ2n) is 5.75. The third-order valence-corrected chi connectivity index (χ3v) is 4.47. The highest BCUT2D eigenvalue weighted by atomic mass is 19.3. The Balaban J connectivity index is 1.79. The van der Waals surface area contributed by atoms with Crippen LogP contribution in [-0.4, -0.2) is 23.9 Å². The van der Waals surface area contributed by atoms with Gasteiger partial charge < -0.3 is 4.90 Å². The molecule has 1 saturated heterocycles. The Bertz CT molecular complexity index is 520. The molecule has 1 amide bonds. The number of carbonyl (C=O) groups is 1. The lowest BCUT2D eigenvalue weighted by atomic mass is 10.0. The van der Waals surface area contributed by atoms with Crippen LogP contribution < -0.4 is 0 Å². The number of hydrogen-bond acceptors (Lipinski definition) is 1. The van der Waals surface area contributed by atoms with Gasteiger partial charge in [0.05, 0.1) is 0 Å². The molecule has 1 saturated carbocycles. The van der Waals surface area contributed by atoms with Gasteiger partial charge in [-0.2, -0.15) is 8.78 Å². The summed E-state index contributed by atoms with van der Waals surface area (Å²) in [5.74, 6) is -4.88. The van der Waals surface area contributed by atoms with Gasteiger partial charge >= 0.3 is 5.92 Å². The number of rotatable bonds is 2. The van der Waals surface area contributed by atoms with Gasteiger partial charge in [-0.05, 0) is 36.8 Å². The molecule has 20 heavy (non-hydrogen) atoms. The van der Waals surface area contributed by atoms with Crippen molar-refractivity contribution in [3.63, 3.8) is 0 Å². The van der Waals surface area contributed by atoms with Crippen LogP contribution in [-0.2, 0) is 10.7 Å². The average Bonchev–Trinajstić information content (AvgIpc) is 2.98. The standard InChI is InChI=1S/C15H16F3NO/c16-13-6-2-5-12(7-13)15(17,18)14(20)19-8-10-3-1-4-11(10)9-19/h2,5-7,10-11H,1,3-4,8-9H2. The zero-order valence-corrected chi connectivity index (χ0v) is 11.0. The molecule has 5 heteroatoms. The summed E-state index contributed by atoms with van der Waals surface area (Å²) < 4.78 is 41.5. The van der Waals surface area contributed by atoms with E-state index in [-0.39, 0.29) is 0 Å². The topological polar surface area (TPSA) is 20.3 Å². The predicted molar refractivity (Wildman–Crippen MR) is 67.7 cm³/mol. The maximum atomic E-state index is 14.2. The number of likely N-dealkylation sites (tertiary alicyclic amines) is 1. The monoisotopic (exact) mass is 283 g/mol. The van der Waals surface area contributed by atoms with E-state index >= 15 is 0 Å². The third kappa shape index (κ3) is 2.19. The third-order valence-electron chi connectivity index (χ3n) is 4.47. The van der Waals surface area contributed by atoms with E-state index < -0.39 is 23.2 Å². The molecule has 1 heterocycles. The fourth-order valence-corrected chi connectivity index (χ4v) is 3.41. The molecule has 2 fully saturated rings. The highest BCUT2D eigenvalue weighted by molar-refractivity contribution is 5.85. The molecule has 2 nitrogen and oxygen atoms in total. The molecule has 0 bridgehead atoms. The SMILES string of the molecule is O=C(N1CC2CCCC2C1)C(F)(F)c1cccc(F)c1. The van der Waals surface area contributed by atoms with Crippen LogP contribution in [0.15, 0.2) is 24.3 Å². The lowest BCUT2D eigenvalue weighted by Gasteiger charge is -2.24. The van der Waals surface area contributed by atoms with E-state index in [2.05, 4.69) is 0 Å². The second-order valence-corrected chi connectivity index (χ2v) is 5.75. The van der Waals surface area contributed by atoms with E-state index in [1.54, 1.807) is 0 Å². The maximum Gasteiger partial charge on any atom is 0.350 e. The summed E-state index contributed by atoms with van der Waals surface area (Å²) in [7, 11) is 0. The van der Waals surface area contributed by atoms with Gasteiger partial charge in [0.25, 0.3) is 5.91 Å². The summed E-state index contributed by atoms with van der Waals surface area (Å²) in [6.45, 7) is 0.822. The highest BCUT2D eigenvalue weighted by Gasteiger charge is 2.48. The first kappa shape index (κ1) is 13.5. The van der Waals surface area contributed by atoms with Gasteiger partial charge in [-0.25, -0.2) is 4.39 Å². The number of hydrogen-bond donors (Lipinski definition) is 0. The maximum absolute atomic E-state index is 14.2. The van der Waals surface area contributed by atoms with E-state index in [9.17, 15) is 18.0 Å². The molecule has 2 aliphatic rings. The molecule has 3 rings (SSSR count). The Kier molecular flexibility index (Phi) is 3.22. The van der Waals surface area contributed by atoms with Crippen LogP contribution in [0.4, 0.5) is 13.2 Å². The molecule has 108 valence electrons. The molecule has 0 N–H and O–H groups in total. The van der Waals surface area contributed by atoms with Crippen LogP contribution in [0.3, 0.4) is 0 Å². The number of alkyl halides is 2. The molecule has 1 aliphatic heterocycles. The van der Waals surface area contributed by atoms with Crippen molar-refractivity contribution in [3.05, 3.63) is 35.6 Å². The Morgan fingerprint density at radius 2 is 1.85 bits per heavy atom. The number of halogens is 3. The fourth-order valence-electron chi connectivity index (χ4n) is 3.41. The zero-order valence-electron chi connectivity index (χ0n) is 11.0. The highest BCUT2D eigenvalue weighted by Crippen LogP contribution is 2.40. The fraction of sp³-hybridized carbons (Fsp3) is 0.533. The van der Waals surface area contributed by atoms with Crippen molar-refractivity contribution in [1.29, 1.82) is 0 Å². The van der Waals surface area contributed by atoms with Gasteiger partial charge in [0, 0.05) is 18.7 Å².